The van der Waals surface area contributed by atoms with Gasteiger partial charge in [0.05, 0.1) is 24.2 Å². The van der Waals surface area contributed by atoms with Gasteiger partial charge in [0.1, 0.15) is 0 Å². The van der Waals surface area contributed by atoms with Crippen LogP contribution >= 0.6 is 68.8 Å². The molecule has 0 radical (unpaired) electrons. The predicted octanol–water partition coefficient (Wildman–Crippen LogP) is 18.1. The lowest BCUT2D eigenvalue weighted by Crippen LogP contribution is -2.38. The van der Waals surface area contributed by atoms with Crippen molar-refractivity contribution in [3.8, 4) is 0 Å². The van der Waals surface area contributed by atoms with Crippen molar-refractivity contribution in [2.45, 2.75) is 156 Å². The maximum absolute atomic E-state index is 6.04. The van der Waals surface area contributed by atoms with E-state index in [1.807, 2.05) is 24.3 Å². The fraction of sp³-hybridized carbons (Fsp3) is 0.545. The Hall–Kier alpha value is -0.0145. The van der Waals surface area contributed by atoms with E-state index in [4.69, 9.17) is 68.8 Å². The normalized spacial score (nSPS) is 21.1. The highest BCUT2D eigenvalue weighted by molar-refractivity contribution is 7.36. The molecule has 5 aliphatic rings. The van der Waals surface area contributed by atoms with Crippen molar-refractivity contribution in [3.05, 3.63) is 117 Å². The van der Waals surface area contributed by atoms with Gasteiger partial charge in [0.2, 0.25) is 0 Å². The van der Waals surface area contributed by atoms with Crippen molar-refractivity contribution >= 4 is 110 Å². The molecule has 0 fully saturated rings. The first-order chi connectivity index (χ1) is 25.3. The molecule has 1 atom stereocenters. The van der Waals surface area contributed by atoms with E-state index in [0.717, 1.165) is 5.54 Å². The summed E-state index contributed by atoms with van der Waals surface area (Å²) >= 11 is 34.7. The first-order valence-corrected chi connectivity index (χ1v) is 33.2. The minimum atomic E-state index is -1.17. The molecule has 0 nitrogen and oxygen atoms in total. The minimum absolute atomic E-state index is 0.155. The van der Waals surface area contributed by atoms with Crippen molar-refractivity contribution in [2.75, 3.05) is 0 Å². The van der Waals surface area contributed by atoms with Gasteiger partial charge < -0.3 is 0 Å². The second-order valence-electron chi connectivity index (χ2n) is 19.4. The molecule has 0 heterocycles. The number of hydrogen-bond acceptors (Lipinski definition) is 0. The third-order valence-corrected chi connectivity index (χ3v) is 23.5. The topological polar surface area (TPSA) is 0 Å². The van der Waals surface area contributed by atoms with Crippen LogP contribution in [-0.4, -0.2) is 40.9 Å². The summed E-state index contributed by atoms with van der Waals surface area (Å²) in [6.07, 6.45) is 23.3. The lowest BCUT2D eigenvalue weighted by Gasteiger charge is -2.41. The van der Waals surface area contributed by atoms with Gasteiger partial charge in [-0.15, -0.1) is 0 Å². The van der Waals surface area contributed by atoms with E-state index in [2.05, 4.69) is 171 Å². The molecule has 0 N–H and O–H groups in total. The molecule has 1 unspecified atom stereocenters. The van der Waals surface area contributed by atoms with Crippen molar-refractivity contribution in [1.82, 2.24) is 0 Å². The summed E-state index contributed by atoms with van der Waals surface area (Å²) < 4.78 is 0. The molecule has 0 aromatic heterocycles. The highest BCUT2D eigenvalue weighted by atomic mass is 35.5. The Morgan fingerprint density at radius 3 is 1.05 bits per heavy atom. The largest absolute Gasteiger partial charge is 0.365 e. The summed E-state index contributed by atoms with van der Waals surface area (Å²) in [5.74, 6) is 0.466. The molecule has 5 aliphatic carbocycles. The third-order valence-electron chi connectivity index (χ3n) is 13.2. The average molecular weight is 929 g/mol. The van der Waals surface area contributed by atoms with Crippen LogP contribution in [0, 0.1) is 0 Å². The van der Waals surface area contributed by atoms with E-state index < -0.39 is 24.2 Å². The van der Waals surface area contributed by atoms with Gasteiger partial charge in [0.15, 0.2) is 0 Å². The molecule has 0 saturated carbocycles. The molecule has 0 aromatic rings. The van der Waals surface area contributed by atoms with Crippen molar-refractivity contribution in [2.24, 2.45) is 0 Å². The smallest absolute Gasteiger partial charge is 0.170 e. The number of hydrogen-bond donors (Lipinski definition) is 0. The summed E-state index contributed by atoms with van der Waals surface area (Å²) in [5, 5.41) is 1.69. The molecule has 0 amide bonds. The second kappa shape index (κ2) is 21.7. The van der Waals surface area contributed by atoms with E-state index in [1.54, 1.807) is 11.1 Å². The van der Waals surface area contributed by atoms with Gasteiger partial charge in [-0.2, -0.15) is 68.8 Å². The lowest BCUT2D eigenvalue weighted by molar-refractivity contribution is 0.797. The Kier molecular flexibility index (Phi) is 20.9. The van der Waals surface area contributed by atoms with E-state index >= 15 is 0 Å². The highest BCUT2D eigenvalue weighted by Gasteiger charge is 2.46. The zero-order valence-electron chi connectivity index (χ0n) is 38.1. The van der Waals surface area contributed by atoms with Crippen LogP contribution in [-0.2, 0) is 0 Å². The summed E-state index contributed by atoms with van der Waals surface area (Å²) in [7, 11) is -3.23. The quantitative estimate of drug-likeness (QED) is 0.233. The third kappa shape index (κ3) is 13.5. The van der Waals surface area contributed by atoms with Crippen LogP contribution in [0.4, 0.5) is 0 Å². The van der Waals surface area contributed by atoms with Crippen molar-refractivity contribution < 1.29 is 0 Å². The molecule has 5 rings (SSSR count). The Morgan fingerprint density at radius 2 is 0.857 bits per heavy atom. The Morgan fingerprint density at radius 1 is 0.500 bits per heavy atom. The zero-order valence-corrected chi connectivity index (χ0v) is 45.6. The Labute approximate surface area is 378 Å². The van der Waals surface area contributed by atoms with Gasteiger partial charge in [-0.05, 0) is 83.2 Å². The van der Waals surface area contributed by atoms with Crippen LogP contribution in [0.3, 0.4) is 0 Å². The standard InChI is InChI=1S/C13H24Si.C10H15BCl2.C8H13BCl2Si.C8H14Si.C5H5BCl2/c1-9-10(2)12(4)13(5,11(9)3)14(6,7)8;1-6-7(2)9(4)10(5,8(6)3)11(12)13;1-12(2,3)8-5-4-7(6-8)9(10)11;1-9(2,3)8-6-4-5-7-8;7-6(8)5-3-1-2-4-5/h1-8H3;1-5H3;4-7H,1-3H3;4-8H,1-3H3;1-5H. The lowest BCUT2D eigenvalue weighted by atomic mass is 9.61. The number of rotatable bonds is 6. The summed E-state index contributed by atoms with van der Waals surface area (Å²) in [4.78, 5) is 0. The van der Waals surface area contributed by atoms with Crippen LogP contribution in [0.25, 0.3) is 0 Å². The van der Waals surface area contributed by atoms with Gasteiger partial charge in [0.25, 0.3) is 0 Å². The predicted molar refractivity (Wildman–Crippen MR) is 278 cm³/mol. The molecule has 310 valence electrons. The van der Waals surface area contributed by atoms with Gasteiger partial charge in [-0.25, -0.2) is 0 Å². The molecule has 12 heteroatoms. The molecule has 0 aromatic carbocycles. The second-order valence-corrected chi connectivity index (χ2v) is 38.8. The van der Waals surface area contributed by atoms with Crippen LogP contribution in [0.15, 0.2) is 117 Å². The minimum Gasteiger partial charge on any atom is -0.170 e. The first kappa shape index (κ1) is 54.0. The number of halogens is 6. The summed E-state index contributed by atoms with van der Waals surface area (Å²) in [5.41, 5.74) is 11.4. The zero-order chi connectivity index (χ0) is 43.9. The number of allylic oxidation sites excluding steroid dienone is 20. The van der Waals surface area contributed by atoms with Crippen molar-refractivity contribution in [1.29, 1.82) is 0 Å². The summed E-state index contributed by atoms with van der Waals surface area (Å²) in [6, 6.07) is 0. The Balaban J connectivity index is 0.000000355. The monoisotopic (exact) mass is 926 g/mol. The molecular weight excluding hydrogens is 858 g/mol. The van der Waals surface area contributed by atoms with E-state index in [9.17, 15) is 0 Å². The molecule has 0 saturated heterocycles. The van der Waals surface area contributed by atoms with E-state index in [1.165, 1.54) is 38.6 Å². The van der Waals surface area contributed by atoms with Crippen LogP contribution in [0.1, 0.15) is 69.2 Å². The van der Waals surface area contributed by atoms with Gasteiger partial charge in [0, 0.05) is 22.0 Å². The van der Waals surface area contributed by atoms with Crippen molar-refractivity contribution in [3.63, 3.8) is 0 Å². The highest BCUT2D eigenvalue weighted by Crippen LogP contribution is 2.58. The molecule has 0 aliphatic heterocycles. The molecule has 56 heavy (non-hydrogen) atoms. The van der Waals surface area contributed by atoms with Gasteiger partial charge >= 0.3 is 16.6 Å². The van der Waals surface area contributed by atoms with E-state index in [0.29, 0.717) is 5.04 Å². The molecule has 0 bridgehead atoms. The SMILES string of the molecule is CC1=C(C)C(C)(B(Cl)Cl)C(C)=C1C.CC1=C(C)C(C)([Si](C)(C)C)C(C)=C1C.C[Si](C)(C)C1=CC(B(Cl)Cl)C=C1.C[Si](C)(C)C1C=CC=C1.ClB(Cl)C1C=CC=C1. The van der Waals surface area contributed by atoms with Crippen LogP contribution in [0.2, 0.25) is 86.5 Å². The maximum Gasteiger partial charge on any atom is 0.365 e. The average Bonchev–Trinajstić information content (AvgIpc) is 3.93. The fourth-order valence-corrected chi connectivity index (χ4v) is 14.1. The Bertz CT molecular complexity index is 1630. The van der Waals surface area contributed by atoms with Gasteiger partial charge in [-0.1, -0.05) is 167 Å². The van der Waals surface area contributed by atoms with Crippen LogP contribution < -0.4 is 0 Å². The molecular formula is C44H71B3Cl6Si3. The summed E-state index contributed by atoms with van der Waals surface area (Å²) in [6.45, 7) is 43.9. The van der Waals surface area contributed by atoms with Gasteiger partial charge in [-0.3, -0.25) is 0 Å². The van der Waals surface area contributed by atoms with E-state index in [-0.39, 0.29) is 33.6 Å². The fourth-order valence-electron chi connectivity index (χ4n) is 7.49. The maximum atomic E-state index is 6.04. The van der Waals surface area contributed by atoms with Crippen LogP contribution in [0.5, 0.6) is 0 Å². The molecule has 0 spiro atoms. The first-order valence-electron chi connectivity index (χ1n) is 20.0.